The average Bonchev–Trinajstić information content (AvgIpc) is 2.61. The fourth-order valence-electron chi connectivity index (χ4n) is 2.23. The van der Waals surface area contributed by atoms with Crippen LogP contribution in [0.25, 0.3) is 10.4 Å². The average molecular weight is 224 g/mol. The van der Waals surface area contributed by atoms with E-state index >= 15 is 0 Å². The van der Waals surface area contributed by atoms with Crippen molar-refractivity contribution in [2.75, 3.05) is 6.54 Å². The molecule has 0 aromatic carbocycles. The van der Waals surface area contributed by atoms with Crippen molar-refractivity contribution in [2.45, 2.75) is 52.2 Å². The molecule has 1 fully saturated rings. The molecule has 0 aromatic rings. The lowest BCUT2D eigenvalue weighted by Crippen LogP contribution is -2.42. The van der Waals surface area contributed by atoms with Crippen molar-refractivity contribution < 1.29 is 4.79 Å². The monoisotopic (exact) mass is 224 g/mol. The van der Waals surface area contributed by atoms with Crippen molar-refractivity contribution in [3.8, 4) is 0 Å². The van der Waals surface area contributed by atoms with Crippen LogP contribution in [-0.4, -0.2) is 35.4 Å². The van der Waals surface area contributed by atoms with E-state index in [0.717, 1.165) is 0 Å². The van der Waals surface area contributed by atoms with Crippen LogP contribution in [0, 0.1) is 5.92 Å². The molecule has 1 heterocycles. The molecule has 0 saturated carbocycles. The topological polar surface area (TPSA) is 69.1 Å². The molecule has 1 aliphatic heterocycles. The summed E-state index contributed by atoms with van der Waals surface area (Å²) < 4.78 is 0. The molecule has 0 aromatic heterocycles. The molecule has 0 N–H and O–H groups in total. The van der Waals surface area contributed by atoms with E-state index in [1.807, 2.05) is 13.8 Å². The van der Waals surface area contributed by atoms with Gasteiger partial charge in [0.2, 0.25) is 0 Å². The van der Waals surface area contributed by atoms with Gasteiger partial charge in [-0.2, -0.15) is 0 Å². The molecular formula is C11H20N4O. The summed E-state index contributed by atoms with van der Waals surface area (Å²) in [4.78, 5) is 17.0. The second-order valence-corrected chi connectivity index (χ2v) is 4.96. The van der Waals surface area contributed by atoms with E-state index < -0.39 is 0 Å². The predicted octanol–water partition coefficient (Wildman–Crippen LogP) is 2.37. The lowest BCUT2D eigenvalue weighted by atomic mass is 9.98. The quantitative estimate of drug-likeness (QED) is 0.418. The normalized spacial score (nSPS) is 26.1. The van der Waals surface area contributed by atoms with E-state index in [-0.39, 0.29) is 23.8 Å². The van der Waals surface area contributed by atoms with Crippen LogP contribution in [0.15, 0.2) is 5.11 Å². The first-order valence-corrected chi connectivity index (χ1v) is 5.81. The number of ketones is 1. The summed E-state index contributed by atoms with van der Waals surface area (Å²) in [5.74, 6) is 0.292. The Morgan fingerprint density at radius 2 is 2.06 bits per heavy atom. The van der Waals surface area contributed by atoms with E-state index in [1.165, 1.54) is 0 Å². The zero-order valence-corrected chi connectivity index (χ0v) is 10.4. The standard InChI is InChI=1S/C11H20N4O/c1-7(2)11(16)10-5-9(13-14-12)6-15(10)8(3)4/h7-10H,5-6H2,1-4H3. The summed E-state index contributed by atoms with van der Waals surface area (Å²) in [5, 5.41) is 3.73. The molecule has 0 spiro atoms. The van der Waals surface area contributed by atoms with Gasteiger partial charge in [-0.25, -0.2) is 0 Å². The van der Waals surface area contributed by atoms with Crippen molar-refractivity contribution in [1.82, 2.24) is 4.90 Å². The minimum absolute atomic E-state index is 0.0380. The predicted molar refractivity (Wildman–Crippen MR) is 63.0 cm³/mol. The molecule has 90 valence electrons. The number of Topliss-reactive ketones (excluding diaryl/α,β-unsaturated/α-hetero) is 1. The largest absolute Gasteiger partial charge is 0.298 e. The number of hydrogen-bond acceptors (Lipinski definition) is 3. The van der Waals surface area contributed by atoms with Gasteiger partial charge in [0.15, 0.2) is 5.78 Å². The highest BCUT2D eigenvalue weighted by Crippen LogP contribution is 2.25. The number of azide groups is 1. The smallest absolute Gasteiger partial charge is 0.152 e. The van der Waals surface area contributed by atoms with Crippen molar-refractivity contribution in [3.63, 3.8) is 0 Å². The third-order valence-corrected chi connectivity index (χ3v) is 3.09. The van der Waals surface area contributed by atoms with Gasteiger partial charge in [0.25, 0.3) is 0 Å². The number of rotatable bonds is 4. The van der Waals surface area contributed by atoms with Crippen molar-refractivity contribution in [3.05, 3.63) is 10.4 Å². The van der Waals surface area contributed by atoms with Crippen molar-refractivity contribution >= 4 is 5.78 Å². The molecule has 1 rings (SSSR count). The van der Waals surface area contributed by atoms with Gasteiger partial charge in [0.1, 0.15) is 0 Å². The van der Waals surface area contributed by atoms with Gasteiger partial charge < -0.3 is 0 Å². The molecule has 5 heteroatoms. The summed E-state index contributed by atoms with van der Waals surface area (Å²) in [6, 6.07) is 0.183. The second-order valence-electron chi connectivity index (χ2n) is 4.96. The minimum atomic E-state index is -0.0736. The first-order valence-electron chi connectivity index (χ1n) is 5.81. The maximum atomic E-state index is 12.0. The van der Waals surface area contributed by atoms with Crippen LogP contribution < -0.4 is 0 Å². The lowest BCUT2D eigenvalue weighted by molar-refractivity contribution is -0.126. The Labute approximate surface area is 96.4 Å². The molecule has 2 unspecified atom stereocenters. The third-order valence-electron chi connectivity index (χ3n) is 3.09. The van der Waals surface area contributed by atoms with Crippen LogP contribution in [0.5, 0.6) is 0 Å². The molecule has 0 radical (unpaired) electrons. The summed E-state index contributed by atoms with van der Waals surface area (Å²) >= 11 is 0. The van der Waals surface area contributed by atoms with Crippen LogP contribution in [0.4, 0.5) is 0 Å². The summed E-state index contributed by atoms with van der Waals surface area (Å²) in [7, 11) is 0. The highest BCUT2D eigenvalue weighted by atomic mass is 16.1. The molecule has 1 aliphatic rings. The summed E-state index contributed by atoms with van der Waals surface area (Å²) in [5.41, 5.74) is 8.44. The van der Waals surface area contributed by atoms with E-state index in [0.29, 0.717) is 19.0 Å². The molecule has 0 bridgehead atoms. The zero-order chi connectivity index (χ0) is 12.3. The number of hydrogen-bond donors (Lipinski definition) is 0. The SMILES string of the molecule is CC(C)C(=O)C1CC(N=[N+]=[N-])CN1C(C)C. The Kier molecular flexibility index (Phi) is 4.33. The third kappa shape index (κ3) is 2.74. The van der Waals surface area contributed by atoms with Gasteiger partial charge in [0, 0.05) is 23.4 Å². The van der Waals surface area contributed by atoms with E-state index in [2.05, 4.69) is 28.8 Å². The Balaban J connectivity index is 2.81. The minimum Gasteiger partial charge on any atom is -0.298 e. The highest BCUT2D eigenvalue weighted by molar-refractivity contribution is 5.86. The van der Waals surface area contributed by atoms with Gasteiger partial charge >= 0.3 is 0 Å². The van der Waals surface area contributed by atoms with E-state index in [4.69, 9.17) is 5.53 Å². The maximum Gasteiger partial charge on any atom is 0.152 e. The Bertz CT molecular complexity index is 307. The number of nitrogens with zero attached hydrogens (tertiary/aromatic N) is 4. The molecule has 1 saturated heterocycles. The highest BCUT2D eigenvalue weighted by Gasteiger charge is 2.38. The van der Waals surface area contributed by atoms with Gasteiger partial charge in [-0.05, 0) is 25.8 Å². The van der Waals surface area contributed by atoms with Gasteiger partial charge in [-0.3, -0.25) is 9.69 Å². The lowest BCUT2D eigenvalue weighted by Gasteiger charge is -2.28. The first-order chi connectivity index (χ1) is 7.47. The molecular weight excluding hydrogens is 204 g/mol. The fourth-order valence-corrected chi connectivity index (χ4v) is 2.23. The first kappa shape index (κ1) is 13.0. The van der Waals surface area contributed by atoms with Crippen LogP contribution >= 0.6 is 0 Å². The number of likely N-dealkylation sites (tertiary alicyclic amines) is 1. The van der Waals surface area contributed by atoms with Crippen LogP contribution in [0.1, 0.15) is 34.1 Å². The van der Waals surface area contributed by atoms with Crippen LogP contribution in [0.3, 0.4) is 0 Å². The second kappa shape index (κ2) is 5.32. The summed E-state index contributed by atoms with van der Waals surface area (Å²) in [6.07, 6.45) is 0.666. The summed E-state index contributed by atoms with van der Waals surface area (Å²) in [6.45, 7) is 8.67. The molecule has 0 aliphatic carbocycles. The molecule has 0 amide bonds. The van der Waals surface area contributed by atoms with Crippen molar-refractivity contribution in [2.24, 2.45) is 11.0 Å². The number of carbonyl (C=O) groups is 1. The van der Waals surface area contributed by atoms with Crippen LogP contribution in [0.2, 0.25) is 0 Å². The van der Waals surface area contributed by atoms with E-state index in [9.17, 15) is 4.79 Å². The Morgan fingerprint density at radius 3 is 2.50 bits per heavy atom. The molecule has 5 nitrogen and oxygen atoms in total. The van der Waals surface area contributed by atoms with Gasteiger partial charge in [-0.15, -0.1) is 0 Å². The maximum absolute atomic E-state index is 12.0. The van der Waals surface area contributed by atoms with Crippen molar-refractivity contribution in [1.29, 1.82) is 0 Å². The van der Waals surface area contributed by atoms with Gasteiger partial charge in [0.05, 0.1) is 12.1 Å². The molecule has 2 atom stereocenters. The fraction of sp³-hybridized carbons (Fsp3) is 0.909. The Morgan fingerprint density at radius 1 is 1.44 bits per heavy atom. The van der Waals surface area contributed by atoms with E-state index in [1.54, 1.807) is 0 Å². The van der Waals surface area contributed by atoms with Crippen LogP contribution in [-0.2, 0) is 4.79 Å². The zero-order valence-electron chi connectivity index (χ0n) is 10.4. The number of carbonyl (C=O) groups excluding carboxylic acids is 1. The molecule has 16 heavy (non-hydrogen) atoms. The Hall–Kier alpha value is -1.06. The van der Waals surface area contributed by atoms with Gasteiger partial charge in [-0.1, -0.05) is 19.0 Å².